The van der Waals surface area contributed by atoms with Crippen molar-refractivity contribution in [3.63, 3.8) is 0 Å². The van der Waals surface area contributed by atoms with Crippen LogP contribution in [-0.2, 0) is 17.6 Å². The summed E-state index contributed by atoms with van der Waals surface area (Å²) in [5.41, 5.74) is 1.41. The Morgan fingerprint density at radius 3 is 2.76 bits per heavy atom. The molecule has 0 aliphatic carbocycles. The molecule has 6 heteroatoms. The molecule has 0 spiro atoms. The van der Waals surface area contributed by atoms with Crippen molar-refractivity contribution in [3.05, 3.63) is 11.4 Å². The largest absolute Gasteiger partial charge is 0.481 e. The Morgan fingerprint density at radius 2 is 2.24 bits per heavy atom. The van der Waals surface area contributed by atoms with Gasteiger partial charge in [-0.1, -0.05) is 12.1 Å². The van der Waals surface area contributed by atoms with Crippen LogP contribution in [0.3, 0.4) is 0 Å². The number of aliphatic hydroxyl groups is 1. The highest BCUT2D eigenvalue weighted by Gasteiger charge is 2.17. The van der Waals surface area contributed by atoms with Gasteiger partial charge in [-0.25, -0.2) is 4.68 Å². The van der Waals surface area contributed by atoms with E-state index in [1.54, 1.807) is 4.68 Å². The lowest BCUT2D eigenvalue weighted by atomic mass is 10.1. The molecule has 1 unspecified atom stereocenters. The number of carboxylic acid groups (broad SMARTS) is 1. The van der Waals surface area contributed by atoms with Crippen molar-refractivity contribution in [2.24, 2.45) is 0 Å². The molecule has 0 aromatic carbocycles. The molecular formula is C11H19N3O3. The van der Waals surface area contributed by atoms with Crippen LogP contribution in [0, 0.1) is 0 Å². The maximum Gasteiger partial charge on any atom is 0.309 e. The first-order chi connectivity index (χ1) is 8.10. The molecule has 1 heterocycles. The maximum atomic E-state index is 10.7. The van der Waals surface area contributed by atoms with Crippen LogP contribution in [-0.4, -0.2) is 37.8 Å². The van der Waals surface area contributed by atoms with Crippen molar-refractivity contribution in [2.45, 2.75) is 45.6 Å². The van der Waals surface area contributed by atoms with E-state index in [-0.39, 0.29) is 19.1 Å². The Labute approximate surface area is 100 Å². The minimum Gasteiger partial charge on any atom is -0.481 e. The van der Waals surface area contributed by atoms with Crippen LogP contribution in [0.4, 0.5) is 0 Å². The molecule has 6 nitrogen and oxygen atoms in total. The monoisotopic (exact) mass is 241 g/mol. The SMILES string of the molecule is CCc1c(CC(=O)O)nnn1C(C)CCCO. The van der Waals surface area contributed by atoms with E-state index in [9.17, 15) is 4.79 Å². The molecule has 1 rings (SSSR count). The number of carboxylic acids is 1. The molecule has 0 saturated heterocycles. The number of aliphatic hydroxyl groups excluding tert-OH is 1. The lowest BCUT2D eigenvalue weighted by Crippen LogP contribution is -2.12. The number of nitrogens with zero attached hydrogens (tertiary/aromatic N) is 3. The molecule has 0 amide bonds. The van der Waals surface area contributed by atoms with E-state index in [4.69, 9.17) is 10.2 Å². The second kappa shape index (κ2) is 6.34. The zero-order valence-electron chi connectivity index (χ0n) is 10.3. The molecule has 0 radical (unpaired) electrons. The van der Waals surface area contributed by atoms with Gasteiger partial charge in [-0.15, -0.1) is 5.10 Å². The highest BCUT2D eigenvalue weighted by atomic mass is 16.4. The molecular weight excluding hydrogens is 222 g/mol. The molecule has 0 fully saturated rings. The fraction of sp³-hybridized carbons (Fsp3) is 0.727. The Kier molecular flexibility index (Phi) is 5.09. The van der Waals surface area contributed by atoms with E-state index >= 15 is 0 Å². The molecule has 0 aliphatic heterocycles. The van der Waals surface area contributed by atoms with Crippen LogP contribution in [0.15, 0.2) is 0 Å². The third-order valence-corrected chi connectivity index (χ3v) is 2.72. The van der Waals surface area contributed by atoms with Gasteiger partial charge in [0.2, 0.25) is 0 Å². The van der Waals surface area contributed by atoms with Crippen molar-refractivity contribution in [1.82, 2.24) is 15.0 Å². The quantitative estimate of drug-likeness (QED) is 0.737. The normalized spacial score (nSPS) is 12.6. The number of hydrogen-bond acceptors (Lipinski definition) is 4. The molecule has 0 bridgehead atoms. The fourth-order valence-corrected chi connectivity index (χ4v) is 1.86. The van der Waals surface area contributed by atoms with Crippen LogP contribution in [0.5, 0.6) is 0 Å². The van der Waals surface area contributed by atoms with Crippen LogP contribution in [0.25, 0.3) is 0 Å². The lowest BCUT2D eigenvalue weighted by Gasteiger charge is -2.13. The zero-order valence-corrected chi connectivity index (χ0v) is 10.3. The molecule has 0 aliphatic rings. The minimum absolute atomic E-state index is 0.0874. The van der Waals surface area contributed by atoms with Gasteiger partial charge >= 0.3 is 5.97 Å². The molecule has 96 valence electrons. The third-order valence-electron chi connectivity index (χ3n) is 2.72. The van der Waals surface area contributed by atoms with Crippen molar-refractivity contribution in [2.75, 3.05) is 6.61 Å². The van der Waals surface area contributed by atoms with Gasteiger partial charge in [0.1, 0.15) is 0 Å². The summed E-state index contributed by atoms with van der Waals surface area (Å²) >= 11 is 0. The first-order valence-electron chi connectivity index (χ1n) is 5.85. The number of aromatic nitrogens is 3. The zero-order chi connectivity index (χ0) is 12.8. The summed E-state index contributed by atoms with van der Waals surface area (Å²) in [6, 6.07) is 0.132. The summed E-state index contributed by atoms with van der Waals surface area (Å²) in [7, 11) is 0. The molecule has 0 saturated carbocycles. The topological polar surface area (TPSA) is 88.2 Å². The van der Waals surface area contributed by atoms with Crippen LogP contribution in [0.1, 0.15) is 44.1 Å². The molecule has 1 aromatic heterocycles. The summed E-state index contributed by atoms with van der Waals surface area (Å²) in [4.78, 5) is 10.7. The Hall–Kier alpha value is -1.43. The maximum absolute atomic E-state index is 10.7. The number of hydrogen-bond donors (Lipinski definition) is 2. The summed E-state index contributed by atoms with van der Waals surface area (Å²) in [5, 5.41) is 25.5. The number of rotatable bonds is 7. The fourth-order valence-electron chi connectivity index (χ4n) is 1.86. The smallest absolute Gasteiger partial charge is 0.309 e. The summed E-state index contributed by atoms with van der Waals surface area (Å²) in [6.45, 7) is 4.11. The first-order valence-corrected chi connectivity index (χ1v) is 5.85. The Morgan fingerprint density at radius 1 is 1.53 bits per heavy atom. The molecule has 1 atom stereocenters. The van der Waals surface area contributed by atoms with Gasteiger partial charge in [-0.05, 0) is 26.2 Å². The highest BCUT2D eigenvalue weighted by molar-refractivity contribution is 5.69. The minimum atomic E-state index is -0.894. The van der Waals surface area contributed by atoms with Crippen LogP contribution < -0.4 is 0 Å². The van der Waals surface area contributed by atoms with Gasteiger partial charge in [0.25, 0.3) is 0 Å². The molecule has 17 heavy (non-hydrogen) atoms. The van der Waals surface area contributed by atoms with Crippen molar-refractivity contribution < 1.29 is 15.0 Å². The van der Waals surface area contributed by atoms with E-state index in [0.29, 0.717) is 18.5 Å². The highest BCUT2D eigenvalue weighted by Crippen LogP contribution is 2.17. The standard InChI is InChI=1S/C11H19N3O3/c1-3-10-9(7-11(16)17)12-13-14(10)8(2)5-4-6-15/h8,15H,3-7H2,1-2H3,(H,16,17). The van der Waals surface area contributed by atoms with Gasteiger partial charge in [0, 0.05) is 6.61 Å². The van der Waals surface area contributed by atoms with E-state index in [1.807, 2.05) is 13.8 Å². The predicted octanol–water partition coefficient (Wildman–Crippen LogP) is 0.801. The van der Waals surface area contributed by atoms with Crippen molar-refractivity contribution >= 4 is 5.97 Å². The van der Waals surface area contributed by atoms with Crippen molar-refractivity contribution in [3.8, 4) is 0 Å². The second-order valence-corrected chi connectivity index (χ2v) is 4.07. The van der Waals surface area contributed by atoms with Gasteiger partial charge in [0.15, 0.2) is 0 Å². The summed E-state index contributed by atoms with van der Waals surface area (Å²) < 4.78 is 1.77. The third kappa shape index (κ3) is 3.52. The molecule has 1 aromatic rings. The van der Waals surface area contributed by atoms with Gasteiger partial charge in [0.05, 0.1) is 23.9 Å². The number of carbonyl (C=O) groups is 1. The van der Waals surface area contributed by atoms with E-state index < -0.39 is 5.97 Å². The average Bonchev–Trinajstić information content (AvgIpc) is 2.67. The van der Waals surface area contributed by atoms with Gasteiger partial charge < -0.3 is 10.2 Å². The van der Waals surface area contributed by atoms with Crippen molar-refractivity contribution in [1.29, 1.82) is 0 Å². The van der Waals surface area contributed by atoms with E-state index in [2.05, 4.69) is 10.3 Å². The predicted molar refractivity (Wildman–Crippen MR) is 61.8 cm³/mol. The Bertz CT molecular complexity index is 376. The lowest BCUT2D eigenvalue weighted by molar-refractivity contribution is -0.136. The van der Waals surface area contributed by atoms with E-state index in [0.717, 1.165) is 12.1 Å². The second-order valence-electron chi connectivity index (χ2n) is 4.07. The van der Waals surface area contributed by atoms with Gasteiger partial charge in [-0.3, -0.25) is 4.79 Å². The average molecular weight is 241 g/mol. The number of aliphatic carboxylic acids is 1. The van der Waals surface area contributed by atoms with Gasteiger partial charge in [-0.2, -0.15) is 0 Å². The summed E-state index contributed by atoms with van der Waals surface area (Å²) in [5.74, 6) is -0.894. The summed E-state index contributed by atoms with van der Waals surface area (Å²) in [6.07, 6.45) is 2.13. The Balaban J connectivity index is 2.85. The van der Waals surface area contributed by atoms with Crippen LogP contribution >= 0.6 is 0 Å². The van der Waals surface area contributed by atoms with Crippen LogP contribution in [0.2, 0.25) is 0 Å². The first kappa shape index (κ1) is 13.6. The van der Waals surface area contributed by atoms with E-state index in [1.165, 1.54) is 0 Å². The molecule has 2 N–H and O–H groups in total.